The summed E-state index contributed by atoms with van der Waals surface area (Å²) in [6.45, 7) is 1.69. The molecule has 0 bridgehead atoms. The van der Waals surface area contributed by atoms with Crippen LogP contribution in [0.5, 0.6) is 5.75 Å². The maximum absolute atomic E-state index is 12.0. The molecule has 1 amide bonds. The van der Waals surface area contributed by atoms with Gasteiger partial charge in [-0.05, 0) is 23.8 Å². The molecule has 0 fully saturated rings. The third kappa shape index (κ3) is 4.28. The highest BCUT2D eigenvalue weighted by Gasteiger charge is 2.10. The van der Waals surface area contributed by atoms with E-state index in [0.29, 0.717) is 31.0 Å². The van der Waals surface area contributed by atoms with Gasteiger partial charge in [0.15, 0.2) is 0 Å². The Balaban J connectivity index is 2.03. The molecule has 20 heavy (non-hydrogen) atoms. The van der Waals surface area contributed by atoms with Gasteiger partial charge in [0.25, 0.3) is 5.91 Å². The molecule has 0 saturated carbocycles. The zero-order valence-electron chi connectivity index (χ0n) is 11.9. The molecule has 0 aromatic heterocycles. The normalized spacial score (nSPS) is 12.6. The van der Waals surface area contributed by atoms with Crippen LogP contribution in [-0.4, -0.2) is 33.3 Å². The fraction of sp³-hybridized carbons (Fsp3) is 0.400. The number of benzene rings is 1. The summed E-state index contributed by atoms with van der Waals surface area (Å²) in [6, 6.07) is 5.55. The number of carbonyl (C=O) groups is 1. The molecule has 2 rings (SSSR count). The molecule has 0 heterocycles. The molecule has 1 aliphatic rings. The largest absolute Gasteiger partial charge is 0.497 e. The zero-order chi connectivity index (χ0) is 14.4. The number of carbonyl (C=O) groups excluding carboxylic acids is 1. The SMILES string of the molecule is COCCNC(=O)c1cc(CNC2=CC2)cc(OC)c1. The second-order valence-electron chi connectivity index (χ2n) is 4.61. The monoisotopic (exact) mass is 276 g/mol. The van der Waals surface area contributed by atoms with Crippen molar-refractivity contribution < 1.29 is 14.3 Å². The third-order valence-corrected chi connectivity index (χ3v) is 2.98. The first-order chi connectivity index (χ1) is 9.72. The van der Waals surface area contributed by atoms with Gasteiger partial charge in [-0.25, -0.2) is 0 Å². The van der Waals surface area contributed by atoms with E-state index in [1.165, 1.54) is 5.70 Å². The van der Waals surface area contributed by atoms with E-state index in [2.05, 4.69) is 16.7 Å². The molecule has 0 radical (unpaired) electrons. The Labute approximate surface area is 119 Å². The minimum atomic E-state index is -0.118. The van der Waals surface area contributed by atoms with Gasteiger partial charge in [-0.1, -0.05) is 6.08 Å². The molecule has 1 aliphatic carbocycles. The lowest BCUT2D eigenvalue weighted by Gasteiger charge is -2.10. The van der Waals surface area contributed by atoms with Gasteiger partial charge in [-0.3, -0.25) is 4.79 Å². The van der Waals surface area contributed by atoms with Crippen LogP contribution in [0, 0.1) is 0 Å². The van der Waals surface area contributed by atoms with Gasteiger partial charge in [0.05, 0.1) is 13.7 Å². The van der Waals surface area contributed by atoms with Crippen molar-refractivity contribution in [2.24, 2.45) is 0 Å². The number of rotatable bonds is 8. The predicted molar refractivity (Wildman–Crippen MR) is 76.7 cm³/mol. The Hall–Kier alpha value is -2.01. The average molecular weight is 276 g/mol. The standard InChI is InChI=1S/C15H20N2O3/c1-19-6-5-16-15(18)12-7-11(8-14(9-12)20-2)10-17-13-3-4-13/h3,7-9,17H,4-6,10H2,1-2H3,(H,16,18). The number of hydrogen-bond acceptors (Lipinski definition) is 4. The third-order valence-electron chi connectivity index (χ3n) is 2.98. The highest BCUT2D eigenvalue weighted by molar-refractivity contribution is 5.94. The van der Waals surface area contributed by atoms with Crippen molar-refractivity contribution in [3.8, 4) is 5.75 Å². The Morgan fingerprint density at radius 3 is 2.75 bits per heavy atom. The Morgan fingerprint density at radius 2 is 2.10 bits per heavy atom. The molecule has 2 N–H and O–H groups in total. The molecular weight excluding hydrogens is 256 g/mol. The van der Waals surface area contributed by atoms with E-state index >= 15 is 0 Å². The Morgan fingerprint density at radius 1 is 1.30 bits per heavy atom. The smallest absolute Gasteiger partial charge is 0.251 e. The highest BCUT2D eigenvalue weighted by atomic mass is 16.5. The van der Waals surface area contributed by atoms with Gasteiger partial charge in [0.2, 0.25) is 0 Å². The molecular formula is C15H20N2O3. The van der Waals surface area contributed by atoms with Crippen molar-refractivity contribution in [2.75, 3.05) is 27.4 Å². The first kappa shape index (κ1) is 14.4. The molecule has 5 nitrogen and oxygen atoms in total. The fourth-order valence-corrected chi connectivity index (χ4v) is 1.79. The number of amides is 1. The summed E-state index contributed by atoms with van der Waals surface area (Å²) in [5, 5.41) is 6.10. The second-order valence-corrected chi connectivity index (χ2v) is 4.61. The maximum Gasteiger partial charge on any atom is 0.251 e. The molecule has 1 aromatic rings. The molecule has 0 aliphatic heterocycles. The van der Waals surface area contributed by atoms with E-state index in [9.17, 15) is 4.79 Å². The Bertz CT molecular complexity index is 512. The number of ether oxygens (including phenoxy) is 2. The van der Waals surface area contributed by atoms with Crippen LogP contribution < -0.4 is 15.4 Å². The van der Waals surface area contributed by atoms with E-state index in [1.807, 2.05) is 12.1 Å². The first-order valence-electron chi connectivity index (χ1n) is 6.61. The van der Waals surface area contributed by atoms with E-state index in [0.717, 1.165) is 12.0 Å². The van der Waals surface area contributed by atoms with Crippen LogP contribution >= 0.6 is 0 Å². The van der Waals surface area contributed by atoms with Gasteiger partial charge in [-0.2, -0.15) is 0 Å². The highest BCUT2D eigenvalue weighted by Crippen LogP contribution is 2.19. The van der Waals surface area contributed by atoms with Crippen molar-refractivity contribution in [1.29, 1.82) is 0 Å². The second kappa shape index (κ2) is 6.96. The van der Waals surface area contributed by atoms with Gasteiger partial charge in [0, 0.05) is 37.9 Å². The summed E-state index contributed by atoms with van der Waals surface area (Å²) in [4.78, 5) is 12.0. The molecule has 0 unspecified atom stereocenters. The molecule has 0 saturated heterocycles. The Kier molecular flexibility index (Phi) is 5.01. The van der Waals surface area contributed by atoms with Crippen molar-refractivity contribution in [2.45, 2.75) is 13.0 Å². The molecule has 5 heteroatoms. The van der Waals surface area contributed by atoms with Crippen molar-refractivity contribution in [1.82, 2.24) is 10.6 Å². The van der Waals surface area contributed by atoms with E-state index in [-0.39, 0.29) is 5.91 Å². The van der Waals surface area contributed by atoms with Crippen LogP contribution in [-0.2, 0) is 11.3 Å². The van der Waals surface area contributed by atoms with Crippen LogP contribution in [0.4, 0.5) is 0 Å². The topological polar surface area (TPSA) is 59.6 Å². The lowest BCUT2D eigenvalue weighted by atomic mass is 10.1. The van der Waals surface area contributed by atoms with E-state index < -0.39 is 0 Å². The average Bonchev–Trinajstić information content (AvgIpc) is 3.29. The van der Waals surface area contributed by atoms with Gasteiger partial charge >= 0.3 is 0 Å². The summed E-state index contributed by atoms with van der Waals surface area (Å²) in [7, 11) is 3.20. The number of allylic oxidation sites excluding steroid dienone is 2. The van der Waals surface area contributed by atoms with Crippen molar-refractivity contribution in [3.05, 3.63) is 41.1 Å². The number of hydrogen-bond donors (Lipinski definition) is 2. The van der Waals surface area contributed by atoms with Crippen LogP contribution in [0.2, 0.25) is 0 Å². The van der Waals surface area contributed by atoms with E-state index in [4.69, 9.17) is 9.47 Å². The molecule has 108 valence electrons. The van der Waals surface area contributed by atoms with Gasteiger partial charge < -0.3 is 20.1 Å². The lowest BCUT2D eigenvalue weighted by molar-refractivity contribution is 0.0936. The summed E-state index contributed by atoms with van der Waals surface area (Å²) in [5.74, 6) is 0.568. The summed E-state index contributed by atoms with van der Waals surface area (Å²) in [6.07, 6.45) is 3.16. The van der Waals surface area contributed by atoms with Crippen LogP contribution in [0.3, 0.4) is 0 Å². The van der Waals surface area contributed by atoms with Crippen molar-refractivity contribution in [3.63, 3.8) is 0 Å². The summed E-state index contributed by atoms with van der Waals surface area (Å²) < 4.78 is 10.2. The minimum Gasteiger partial charge on any atom is -0.497 e. The first-order valence-corrected chi connectivity index (χ1v) is 6.61. The van der Waals surface area contributed by atoms with Crippen LogP contribution in [0.1, 0.15) is 22.3 Å². The number of nitrogens with one attached hydrogen (secondary N) is 2. The quantitative estimate of drug-likeness (QED) is 0.706. The van der Waals surface area contributed by atoms with E-state index in [1.54, 1.807) is 20.3 Å². The lowest BCUT2D eigenvalue weighted by Crippen LogP contribution is -2.27. The molecule has 0 spiro atoms. The summed E-state index contributed by atoms with van der Waals surface area (Å²) in [5.41, 5.74) is 2.87. The van der Waals surface area contributed by atoms with Crippen LogP contribution in [0.25, 0.3) is 0 Å². The number of methoxy groups -OCH3 is 2. The zero-order valence-corrected chi connectivity index (χ0v) is 11.9. The van der Waals surface area contributed by atoms with Gasteiger partial charge in [-0.15, -0.1) is 0 Å². The predicted octanol–water partition coefficient (Wildman–Crippen LogP) is 1.45. The summed E-state index contributed by atoms with van der Waals surface area (Å²) >= 11 is 0. The fourth-order valence-electron chi connectivity index (χ4n) is 1.79. The molecule has 0 atom stereocenters. The maximum atomic E-state index is 12.0. The van der Waals surface area contributed by atoms with Gasteiger partial charge in [0.1, 0.15) is 5.75 Å². The van der Waals surface area contributed by atoms with Crippen LogP contribution in [0.15, 0.2) is 30.0 Å². The van der Waals surface area contributed by atoms with Crippen molar-refractivity contribution >= 4 is 5.91 Å². The minimum absolute atomic E-state index is 0.118. The molecule has 1 aromatic carbocycles.